The monoisotopic (exact) mass is 203 g/mol. The van der Waals surface area contributed by atoms with Crippen molar-refractivity contribution in [2.75, 3.05) is 6.54 Å². The van der Waals surface area contributed by atoms with Gasteiger partial charge in [-0.15, -0.1) is 0 Å². The summed E-state index contributed by atoms with van der Waals surface area (Å²) in [5.74, 6) is 1.73. The largest absolute Gasteiger partial charge is 0.309 e. The topological polar surface area (TPSA) is 37.8 Å². The third-order valence-corrected chi connectivity index (χ3v) is 3.31. The minimum Gasteiger partial charge on any atom is -0.309 e. The van der Waals surface area contributed by atoms with Gasteiger partial charge in [-0.25, -0.2) is 9.97 Å². The molecule has 1 atom stereocenters. The van der Waals surface area contributed by atoms with Crippen LogP contribution in [0.3, 0.4) is 0 Å². The second-order valence-electron chi connectivity index (χ2n) is 4.62. The van der Waals surface area contributed by atoms with Crippen molar-refractivity contribution in [3.63, 3.8) is 0 Å². The first-order chi connectivity index (χ1) is 7.43. The van der Waals surface area contributed by atoms with E-state index in [0.717, 1.165) is 12.4 Å². The summed E-state index contributed by atoms with van der Waals surface area (Å²) >= 11 is 0. The van der Waals surface area contributed by atoms with Crippen molar-refractivity contribution >= 4 is 0 Å². The van der Waals surface area contributed by atoms with E-state index in [4.69, 9.17) is 0 Å². The van der Waals surface area contributed by atoms with Crippen molar-refractivity contribution in [2.45, 2.75) is 44.1 Å². The lowest BCUT2D eigenvalue weighted by Gasteiger charge is -2.23. The Hall–Kier alpha value is -0.960. The number of piperidine rings is 1. The minimum atomic E-state index is 0.472. The van der Waals surface area contributed by atoms with E-state index < -0.39 is 0 Å². The van der Waals surface area contributed by atoms with Gasteiger partial charge < -0.3 is 5.32 Å². The number of nitrogens with zero attached hydrogens (tertiary/aromatic N) is 2. The molecular weight excluding hydrogens is 186 g/mol. The normalized spacial score (nSPS) is 26.5. The first-order valence-electron chi connectivity index (χ1n) is 6.00. The van der Waals surface area contributed by atoms with E-state index in [9.17, 15) is 0 Å². The molecule has 1 saturated heterocycles. The summed E-state index contributed by atoms with van der Waals surface area (Å²) in [6.07, 6.45) is 8.33. The molecule has 0 radical (unpaired) electrons. The third kappa shape index (κ3) is 2.02. The van der Waals surface area contributed by atoms with Crippen LogP contribution in [-0.2, 0) is 0 Å². The molecule has 0 spiro atoms. The highest BCUT2D eigenvalue weighted by atomic mass is 15.0. The van der Waals surface area contributed by atoms with Gasteiger partial charge in [0.05, 0.1) is 5.69 Å². The first-order valence-corrected chi connectivity index (χ1v) is 6.00. The molecule has 2 aliphatic rings. The van der Waals surface area contributed by atoms with Crippen molar-refractivity contribution in [3.8, 4) is 0 Å². The minimum absolute atomic E-state index is 0.472. The Morgan fingerprint density at radius 1 is 1.20 bits per heavy atom. The van der Waals surface area contributed by atoms with E-state index in [1.54, 1.807) is 0 Å². The fraction of sp³-hybridized carbons (Fsp3) is 0.667. The number of hydrogen-bond donors (Lipinski definition) is 1. The Balaban J connectivity index is 1.80. The van der Waals surface area contributed by atoms with E-state index >= 15 is 0 Å². The third-order valence-electron chi connectivity index (χ3n) is 3.31. The molecular formula is C12H17N3. The molecule has 1 aliphatic carbocycles. The molecule has 1 aromatic rings. The summed E-state index contributed by atoms with van der Waals surface area (Å²) in [7, 11) is 0. The Morgan fingerprint density at radius 3 is 2.87 bits per heavy atom. The molecule has 80 valence electrons. The molecule has 15 heavy (non-hydrogen) atoms. The summed E-state index contributed by atoms with van der Waals surface area (Å²) < 4.78 is 0. The van der Waals surface area contributed by atoms with Crippen molar-refractivity contribution in [2.24, 2.45) is 0 Å². The van der Waals surface area contributed by atoms with Crippen LogP contribution < -0.4 is 5.32 Å². The Bertz CT molecular complexity index is 340. The van der Waals surface area contributed by atoms with Crippen molar-refractivity contribution in [3.05, 3.63) is 23.8 Å². The van der Waals surface area contributed by atoms with Gasteiger partial charge in [-0.2, -0.15) is 0 Å². The van der Waals surface area contributed by atoms with Crippen LogP contribution in [0.15, 0.2) is 12.3 Å². The Kier molecular flexibility index (Phi) is 2.41. The van der Waals surface area contributed by atoms with E-state index in [2.05, 4.69) is 21.4 Å². The fourth-order valence-corrected chi connectivity index (χ4v) is 2.22. The SMILES string of the molecule is c1cc(C2CCCCN2)nc(C2CC2)n1. The first kappa shape index (κ1) is 9.28. The van der Waals surface area contributed by atoms with Gasteiger partial charge in [0, 0.05) is 18.2 Å². The van der Waals surface area contributed by atoms with Gasteiger partial charge in [0.1, 0.15) is 5.82 Å². The highest BCUT2D eigenvalue weighted by Crippen LogP contribution is 2.38. The average Bonchev–Trinajstić information content (AvgIpc) is 3.14. The molecule has 1 saturated carbocycles. The molecule has 1 aliphatic heterocycles. The molecule has 1 N–H and O–H groups in total. The lowest BCUT2D eigenvalue weighted by Crippen LogP contribution is -2.27. The van der Waals surface area contributed by atoms with Crippen LogP contribution in [0.2, 0.25) is 0 Å². The standard InChI is InChI=1S/C12H17N3/c1-2-7-13-10(3-1)11-6-8-14-12(15-11)9-4-5-9/h6,8-10,13H,1-5,7H2. The number of nitrogens with one attached hydrogen (secondary N) is 1. The van der Waals surface area contributed by atoms with Crippen molar-refractivity contribution in [1.82, 2.24) is 15.3 Å². The van der Waals surface area contributed by atoms with Crippen molar-refractivity contribution < 1.29 is 0 Å². The molecule has 1 unspecified atom stereocenters. The molecule has 3 nitrogen and oxygen atoms in total. The predicted molar refractivity (Wildman–Crippen MR) is 58.6 cm³/mol. The van der Waals surface area contributed by atoms with Crippen LogP contribution in [0.1, 0.15) is 55.6 Å². The highest BCUT2D eigenvalue weighted by molar-refractivity contribution is 5.13. The molecule has 3 rings (SSSR count). The Morgan fingerprint density at radius 2 is 2.13 bits per heavy atom. The lowest BCUT2D eigenvalue weighted by atomic mass is 10.0. The molecule has 0 aromatic carbocycles. The van der Waals surface area contributed by atoms with E-state index in [1.807, 2.05) is 6.20 Å². The number of hydrogen-bond acceptors (Lipinski definition) is 3. The lowest BCUT2D eigenvalue weighted by molar-refractivity contribution is 0.404. The van der Waals surface area contributed by atoms with E-state index in [0.29, 0.717) is 12.0 Å². The molecule has 0 amide bonds. The van der Waals surface area contributed by atoms with Crippen molar-refractivity contribution in [1.29, 1.82) is 0 Å². The molecule has 2 heterocycles. The van der Waals surface area contributed by atoms with Crippen LogP contribution in [0.5, 0.6) is 0 Å². The highest BCUT2D eigenvalue weighted by Gasteiger charge is 2.27. The summed E-state index contributed by atoms with van der Waals surface area (Å²) in [5.41, 5.74) is 1.20. The van der Waals surface area contributed by atoms with Gasteiger partial charge >= 0.3 is 0 Å². The van der Waals surface area contributed by atoms with Gasteiger partial charge in [0.15, 0.2) is 0 Å². The average molecular weight is 203 g/mol. The maximum Gasteiger partial charge on any atom is 0.131 e. The zero-order chi connectivity index (χ0) is 10.1. The van der Waals surface area contributed by atoms with Crippen LogP contribution in [-0.4, -0.2) is 16.5 Å². The Labute approximate surface area is 90.3 Å². The molecule has 3 heteroatoms. The zero-order valence-corrected chi connectivity index (χ0v) is 8.95. The second kappa shape index (κ2) is 3.89. The van der Waals surface area contributed by atoms with Gasteiger partial charge in [-0.05, 0) is 38.3 Å². The molecule has 2 fully saturated rings. The fourth-order valence-electron chi connectivity index (χ4n) is 2.22. The van der Waals surface area contributed by atoms with E-state index in [-0.39, 0.29) is 0 Å². The predicted octanol–water partition coefficient (Wildman–Crippen LogP) is 2.17. The summed E-state index contributed by atoms with van der Waals surface area (Å²) in [6.45, 7) is 1.13. The number of aromatic nitrogens is 2. The summed E-state index contributed by atoms with van der Waals surface area (Å²) in [5, 5.41) is 3.53. The summed E-state index contributed by atoms with van der Waals surface area (Å²) in [4.78, 5) is 9.04. The van der Waals surface area contributed by atoms with Crippen LogP contribution in [0.4, 0.5) is 0 Å². The maximum absolute atomic E-state index is 4.68. The second-order valence-corrected chi connectivity index (χ2v) is 4.62. The van der Waals surface area contributed by atoms with E-state index in [1.165, 1.54) is 37.8 Å². The van der Waals surface area contributed by atoms with Gasteiger partial charge in [-0.1, -0.05) is 6.42 Å². The molecule has 0 bridgehead atoms. The van der Waals surface area contributed by atoms with Gasteiger partial charge in [0.25, 0.3) is 0 Å². The summed E-state index contributed by atoms with van der Waals surface area (Å²) in [6, 6.07) is 2.54. The van der Waals surface area contributed by atoms with Crippen LogP contribution in [0.25, 0.3) is 0 Å². The zero-order valence-electron chi connectivity index (χ0n) is 8.95. The van der Waals surface area contributed by atoms with Crippen LogP contribution >= 0.6 is 0 Å². The van der Waals surface area contributed by atoms with Gasteiger partial charge in [-0.3, -0.25) is 0 Å². The smallest absolute Gasteiger partial charge is 0.131 e. The molecule has 1 aromatic heterocycles. The van der Waals surface area contributed by atoms with Crippen LogP contribution in [0, 0.1) is 0 Å². The number of rotatable bonds is 2. The van der Waals surface area contributed by atoms with Gasteiger partial charge in [0.2, 0.25) is 0 Å². The quantitative estimate of drug-likeness (QED) is 0.800. The maximum atomic E-state index is 4.68.